The van der Waals surface area contributed by atoms with Crippen LogP contribution in [-0.2, 0) is 9.59 Å². The zero-order chi connectivity index (χ0) is 12.4. The molecule has 88 valence electrons. The molecule has 5 heteroatoms. The van der Waals surface area contributed by atoms with Gasteiger partial charge in [0.15, 0.2) is 0 Å². The second-order valence-corrected chi connectivity index (χ2v) is 3.80. The predicted octanol–water partition coefficient (Wildman–Crippen LogP) is 1.08. The molecule has 0 atom stereocenters. The number of benzene rings is 1. The fourth-order valence-corrected chi connectivity index (χ4v) is 1.86. The fraction of sp³-hybridized carbons (Fsp3) is 0.250. The summed E-state index contributed by atoms with van der Waals surface area (Å²) in [6.07, 6.45) is 0.322. The molecule has 0 saturated heterocycles. The molecule has 5 nitrogen and oxygen atoms in total. The van der Waals surface area contributed by atoms with Crippen LogP contribution in [0.2, 0.25) is 0 Å². The van der Waals surface area contributed by atoms with E-state index in [0.717, 1.165) is 0 Å². The summed E-state index contributed by atoms with van der Waals surface area (Å²) in [5, 5.41) is 8.53. The van der Waals surface area contributed by atoms with E-state index in [1.807, 2.05) is 0 Å². The molecular weight excluding hydrogens is 222 g/mol. The van der Waals surface area contributed by atoms with Crippen LogP contribution in [0.25, 0.3) is 0 Å². The van der Waals surface area contributed by atoms with Gasteiger partial charge in [-0.05, 0) is 18.6 Å². The summed E-state index contributed by atoms with van der Waals surface area (Å²) in [6, 6.07) is 6.74. The van der Waals surface area contributed by atoms with Gasteiger partial charge in [-0.2, -0.15) is 0 Å². The number of nitrogens with zero attached hydrogens (tertiary/aromatic N) is 1. The van der Waals surface area contributed by atoms with E-state index in [0.29, 0.717) is 17.7 Å². The molecular formula is C12H11NO4. The van der Waals surface area contributed by atoms with E-state index in [1.165, 1.54) is 4.90 Å². The van der Waals surface area contributed by atoms with E-state index in [4.69, 9.17) is 5.11 Å². The maximum atomic E-state index is 11.7. The molecule has 0 radical (unpaired) electrons. The lowest BCUT2D eigenvalue weighted by molar-refractivity contribution is -0.137. The highest BCUT2D eigenvalue weighted by Crippen LogP contribution is 2.28. The highest BCUT2D eigenvalue weighted by Gasteiger charge is 2.34. The van der Waals surface area contributed by atoms with Crippen molar-refractivity contribution in [3.05, 3.63) is 29.8 Å². The van der Waals surface area contributed by atoms with Gasteiger partial charge in [0.05, 0.1) is 11.3 Å². The number of anilines is 1. The van der Waals surface area contributed by atoms with Gasteiger partial charge in [-0.15, -0.1) is 0 Å². The molecule has 1 heterocycles. The minimum absolute atomic E-state index is 0.0138. The van der Waals surface area contributed by atoms with Crippen molar-refractivity contribution >= 4 is 23.3 Å². The number of fused-ring (bicyclic) bond motifs is 1. The van der Waals surface area contributed by atoms with E-state index < -0.39 is 17.7 Å². The lowest BCUT2D eigenvalue weighted by Crippen LogP contribution is -2.30. The normalized spacial score (nSPS) is 14.0. The van der Waals surface area contributed by atoms with Crippen molar-refractivity contribution in [2.75, 3.05) is 11.4 Å². The van der Waals surface area contributed by atoms with Gasteiger partial charge < -0.3 is 10.0 Å². The smallest absolute Gasteiger partial charge is 0.303 e. The number of carboxylic acids is 1. The van der Waals surface area contributed by atoms with Gasteiger partial charge in [0.25, 0.3) is 11.7 Å². The van der Waals surface area contributed by atoms with Crippen molar-refractivity contribution in [1.82, 2.24) is 0 Å². The van der Waals surface area contributed by atoms with Gasteiger partial charge in [0, 0.05) is 13.0 Å². The molecule has 0 spiro atoms. The molecule has 0 aromatic heterocycles. The van der Waals surface area contributed by atoms with Gasteiger partial charge >= 0.3 is 5.97 Å². The quantitative estimate of drug-likeness (QED) is 0.789. The number of ketones is 1. The Balaban J connectivity index is 2.16. The van der Waals surface area contributed by atoms with Gasteiger partial charge in [0.2, 0.25) is 0 Å². The summed E-state index contributed by atoms with van der Waals surface area (Å²) >= 11 is 0. The van der Waals surface area contributed by atoms with E-state index in [2.05, 4.69) is 0 Å². The molecule has 1 aliphatic rings. The summed E-state index contributed by atoms with van der Waals surface area (Å²) < 4.78 is 0. The first-order valence-corrected chi connectivity index (χ1v) is 5.28. The Hall–Kier alpha value is -2.17. The molecule has 1 aliphatic heterocycles. The third-order valence-electron chi connectivity index (χ3n) is 2.65. The maximum Gasteiger partial charge on any atom is 0.303 e. The number of para-hydroxylation sites is 1. The van der Waals surface area contributed by atoms with Crippen LogP contribution in [0.3, 0.4) is 0 Å². The number of rotatable bonds is 4. The predicted molar refractivity (Wildman–Crippen MR) is 60.0 cm³/mol. The second-order valence-electron chi connectivity index (χ2n) is 3.80. The number of Topliss-reactive ketones (excluding diaryl/α,β-unsaturated/α-hetero) is 1. The molecule has 0 fully saturated rings. The number of carbonyl (C=O) groups excluding carboxylic acids is 2. The topological polar surface area (TPSA) is 74.7 Å². The van der Waals surface area contributed by atoms with E-state index in [-0.39, 0.29) is 13.0 Å². The third-order valence-corrected chi connectivity index (χ3v) is 2.65. The lowest BCUT2D eigenvalue weighted by Gasteiger charge is -2.15. The van der Waals surface area contributed by atoms with Crippen LogP contribution in [0.4, 0.5) is 5.69 Å². The minimum atomic E-state index is -0.906. The highest BCUT2D eigenvalue weighted by molar-refractivity contribution is 6.52. The van der Waals surface area contributed by atoms with Crippen molar-refractivity contribution in [1.29, 1.82) is 0 Å². The number of amides is 1. The molecule has 0 aliphatic carbocycles. The largest absolute Gasteiger partial charge is 0.481 e. The molecule has 0 unspecified atom stereocenters. The fourth-order valence-electron chi connectivity index (χ4n) is 1.86. The zero-order valence-electron chi connectivity index (χ0n) is 9.05. The van der Waals surface area contributed by atoms with E-state index in [1.54, 1.807) is 24.3 Å². The summed E-state index contributed by atoms with van der Waals surface area (Å²) in [5.74, 6) is -2.00. The number of carbonyl (C=O) groups is 3. The first kappa shape index (κ1) is 11.3. The Morgan fingerprint density at radius 1 is 1.24 bits per heavy atom. The summed E-state index contributed by atoms with van der Waals surface area (Å²) in [5.41, 5.74) is 0.973. The van der Waals surface area contributed by atoms with Crippen LogP contribution in [-0.4, -0.2) is 29.3 Å². The standard InChI is InChI=1S/C12H11NO4/c14-10(15)6-3-7-13-9-5-2-1-4-8(9)11(16)12(13)17/h1-2,4-5H,3,6-7H2,(H,14,15). The Kier molecular flexibility index (Phi) is 2.91. The Labute approximate surface area is 97.7 Å². The number of carboxylic acid groups (broad SMARTS) is 1. The molecule has 1 amide bonds. The average Bonchev–Trinajstić information content (AvgIpc) is 2.54. The lowest BCUT2D eigenvalue weighted by atomic mass is 10.1. The Morgan fingerprint density at radius 3 is 2.65 bits per heavy atom. The van der Waals surface area contributed by atoms with Crippen LogP contribution in [0.1, 0.15) is 23.2 Å². The van der Waals surface area contributed by atoms with E-state index in [9.17, 15) is 14.4 Å². The Morgan fingerprint density at radius 2 is 1.94 bits per heavy atom. The van der Waals surface area contributed by atoms with Gasteiger partial charge in [0.1, 0.15) is 0 Å². The highest BCUT2D eigenvalue weighted by atomic mass is 16.4. The zero-order valence-corrected chi connectivity index (χ0v) is 9.05. The maximum absolute atomic E-state index is 11.7. The third kappa shape index (κ3) is 2.04. The average molecular weight is 233 g/mol. The first-order chi connectivity index (χ1) is 8.11. The summed E-state index contributed by atoms with van der Waals surface area (Å²) in [4.78, 5) is 35.0. The number of hydrogen-bond donors (Lipinski definition) is 1. The van der Waals surface area contributed by atoms with Gasteiger partial charge in [-0.1, -0.05) is 12.1 Å². The van der Waals surface area contributed by atoms with Crippen molar-refractivity contribution in [2.24, 2.45) is 0 Å². The summed E-state index contributed by atoms with van der Waals surface area (Å²) in [6.45, 7) is 0.258. The van der Waals surface area contributed by atoms with Crippen LogP contribution < -0.4 is 4.90 Å². The molecule has 1 aromatic carbocycles. The van der Waals surface area contributed by atoms with Crippen molar-refractivity contribution in [2.45, 2.75) is 12.8 Å². The summed E-state index contributed by atoms with van der Waals surface area (Å²) in [7, 11) is 0. The molecule has 1 aromatic rings. The van der Waals surface area contributed by atoms with Crippen molar-refractivity contribution < 1.29 is 19.5 Å². The molecule has 1 N–H and O–H groups in total. The van der Waals surface area contributed by atoms with Crippen molar-refractivity contribution in [3.63, 3.8) is 0 Å². The van der Waals surface area contributed by atoms with Crippen LogP contribution in [0, 0.1) is 0 Å². The molecule has 0 bridgehead atoms. The molecule has 0 saturated carbocycles. The molecule has 2 rings (SSSR count). The first-order valence-electron chi connectivity index (χ1n) is 5.28. The van der Waals surface area contributed by atoms with Crippen LogP contribution >= 0.6 is 0 Å². The second kappa shape index (κ2) is 4.37. The van der Waals surface area contributed by atoms with Crippen LogP contribution in [0.15, 0.2) is 24.3 Å². The van der Waals surface area contributed by atoms with E-state index >= 15 is 0 Å². The minimum Gasteiger partial charge on any atom is -0.481 e. The monoisotopic (exact) mass is 233 g/mol. The van der Waals surface area contributed by atoms with Gasteiger partial charge in [-0.3, -0.25) is 14.4 Å². The number of aliphatic carboxylic acids is 1. The Bertz CT molecular complexity index is 495. The number of hydrogen-bond acceptors (Lipinski definition) is 3. The SMILES string of the molecule is O=C(O)CCCN1C(=O)C(=O)c2ccccc21. The molecule has 17 heavy (non-hydrogen) atoms. The van der Waals surface area contributed by atoms with Crippen molar-refractivity contribution in [3.8, 4) is 0 Å². The van der Waals surface area contributed by atoms with Gasteiger partial charge in [-0.25, -0.2) is 0 Å². The van der Waals surface area contributed by atoms with Crippen LogP contribution in [0.5, 0.6) is 0 Å².